The predicted octanol–water partition coefficient (Wildman–Crippen LogP) is 5.04. The highest BCUT2D eigenvalue weighted by Gasteiger charge is 2.44. The summed E-state index contributed by atoms with van der Waals surface area (Å²) in [4.78, 5) is 12.4. The summed E-state index contributed by atoms with van der Waals surface area (Å²) in [7, 11) is 0. The van der Waals surface area contributed by atoms with Crippen molar-refractivity contribution in [2.24, 2.45) is 5.92 Å². The monoisotopic (exact) mass is 400 g/mol. The topological polar surface area (TPSA) is 32.8 Å². The molecule has 1 aliphatic rings. The average Bonchev–Trinajstić information content (AvgIpc) is 3.06. The Morgan fingerprint density at radius 2 is 1.52 bits per heavy atom. The zero-order chi connectivity index (χ0) is 19.4. The first kappa shape index (κ1) is 19.7. The lowest BCUT2D eigenvalue weighted by atomic mass is 10.2. The molecule has 1 saturated heterocycles. The molecule has 1 heterocycles. The van der Waals surface area contributed by atoms with Crippen LogP contribution in [0.1, 0.15) is 13.8 Å². The van der Waals surface area contributed by atoms with Gasteiger partial charge in [0.1, 0.15) is 6.34 Å². The first-order chi connectivity index (χ1) is 13.0. The van der Waals surface area contributed by atoms with Gasteiger partial charge in [-0.2, -0.15) is 0 Å². The molecule has 1 unspecified atom stereocenters. The van der Waals surface area contributed by atoms with Crippen molar-refractivity contribution >= 4 is 35.5 Å². The third kappa shape index (κ3) is 3.67. The number of nitrogens with zero attached hydrogens (tertiary/aromatic N) is 2. The zero-order valence-electron chi connectivity index (χ0n) is 15.7. The highest BCUT2D eigenvalue weighted by Crippen LogP contribution is 2.67. The van der Waals surface area contributed by atoms with Crippen molar-refractivity contribution in [2.75, 3.05) is 29.0 Å². The molecule has 1 fully saturated rings. The molecule has 27 heavy (non-hydrogen) atoms. The fourth-order valence-electron chi connectivity index (χ4n) is 3.33. The Hall–Kier alpha value is -2.10. The molecule has 2 aromatic rings. The molecule has 0 spiro atoms. The van der Waals surface area contributed by atoms with Crippen molar-refractivity contribution in [2.45, 2.75) is 13.8 Å². The molecule has 0 amide bonds. The fraction of sp³-hybridized carbons (Fsp3) is 0.286. The number of anilines is 2. The Morgan fingerprint density at radius 3 is 1.93 bits per heavy atom. The number of rotatable bonds is 6. The van der Waals surface area contributed by atoms with Crippen molar-refractivity contribution in [3.8, 4) is 0 Å². The van der Waals surface area contributed by atoms with Crippen LogP contribution in [0, 0.1) is 5.92 Å². The highest BCUT2D eigenvalue weighted by atomic mass is 32.4. The minimum absolute atomic E-state index is 0.264. The van der Waals surface area contributed by atoms with E-state index < -0.39 is 12.3 Å². The number of ether oxygens (including phenoxy) is 1. The number of benzene rings is 2. The molecule has 0 bridgehead atoms. The summed E-state index contributed by atoms with van der Waals surface area (Å²) in [6.07, 6.45) is -2.45. The molecule has 1 atom stereocenters. The van der Waals surface area contributed by atoms with E-state index in [9.17, 15) is 4.79 Å². The molecule has 0 aliphatic carbocycles. The second kappa shape index (κ2) is 8.28. The van der Waals surface area contributed by atoms with E-state index in [4.69, 9.17) is 16.5 Å². The van der Waals surface area contributed by atoms with Crippen LogP contribution in [-0.4, -0.2) is 25.7 Å². The summed E-state index contributed by atoms with van der Waals surface area (Å²) in [6.45, 7) is 9.93. The van der Waals surface area contributed by atoms with Gasteiger partial charge in [-0.05, 0) is 49.9 Å². The summed E-state index contributed by atoms with van der Waals surface area (Å²) in [5.41, 5.74) is 2.13. The molecular weight excluding hydrogens is 375 g/mol. The largest absolute Gasteiger partial charge is 0.466 e. The molecule has 0 radical (unpaired) electrons. The van der Waals surface area contributed by atoms with Gasteiger partial charge in [-0.25, -0.2) is 0 Å². The van der Waals surface area contributed by atoms with Crippen LogP contribution >= 0.6 is 6.34 Å². The second-order valence-corrected chi connectivity index (χ2v) is 10.6. The smallest absolute Gasteiger partial charge is 0.313 e. The number of hydrogen-bond donors (Lipinski definition) is 0. The van der Waals surface area contributed by atoms with Gasteiger partial charge >= 0.3 is 5.97 Å². The normalized spacial score (nSPS) is 16.8. The van der Waals surface area contributed by atoms with Crippen molar-refractivity contribution in [3.63, 3.8) is 0 Å². The van der Waals surface area contributed by atoms with Gasteiger partial charge in [0, 0.05) is 29.8 Å². The van der Waals surface area contributed by atoms with Gasteiger partial charge in [0.2, 0.25) is 0 Å². The van der Waals surface area contributed by atoms with Gasteiger partial charge in [-0.1, -0.05) is 43.0 Å². The Morgan fingerprint density at radius 1 is 1.07 bits per heavy atom. The summed E-state index contributed by atoms with van der Waals surface area (Å²) in [6, 6.07) is 20.3. The number of para-hydroxylation sites is 2. The third-order valence-corrected chi connectivity index (χ3v) is 9.99. The Kier molecular flexibility index (Phi) is 6.03. The van der Waals surface area contributed by atoms with E-state index in [0.29, 0.717) is 6.61 Å². The number of esters is 1. The molecule has 4 nitrogen and oxygen atoms in total. The van der Waals surface area contributed by atoms with Crippen LogP contribution in [0.25, 0.3) is 0 Å². The number of carbonyl (C=O) groups is 1. The molecule has 0 saturated carbocycles. The van der Waals surface area contributed by atoms with Gasteiger partial charge in [0.05, 0.1) is 12.5 Å². The Balaban J connectivity index is 2.05. The summed E-state index contributed by atoms with van der Waals surface area (Å²) in [5, 5.41) is 0.765. The lowest BCUT2D eigenvalue weighted by Crippen LogP contribution is -2.25. The van der Waals surface area contributed by atoms with E-state index in [2.05, 4.69) is 40.2 Å². The Bertz CT molecular complexity index is 806. The van der Waals surface area contributed by atoms with Gasteiger partial charge in [0.25, 0.3) is 0 Å². The first-order valence-electron chi connectivity index (χ1n) is 9.12. The van der Waals surface area contributed by atoms with Crippen LogP contribution in [0.15, 0.2) is 72.6 Å². The maximum absolute atomic E-state index is 12.4. The summed E-state index contributed by atoms with van der Waals surface area (Å²) >= 11 is 6.33. The van der Waals surface area contributed by atoms with Crippen LogP contribution in [0.3, 0.4) is 0 Å². The fourth-order valence-corrected chi connectivity index (χ4v) is 7.96. The minimum Gasteiger partial charge on any atom is -0.466 e. The van der Waals surface area contributed by atoms with Crippen molar-refractivity contribution in [1.82, 2.24) is 0 Å². The standard InChI is InChI=1S/C21H25N2O2PS/c1-4-25-21(24)17(2)18(3)26(27)22(19-11-7-5-8-12-19)15-16-23(26)20-13-9-6-10-14-20/h5-14,17H,3-4,15-16H2,1-2H3. The van der Waals surface area contributed by atoms with Gasteiger partial charge in [0.15, 0.2) is 0 Å². The SMILES string of the molecule is C=C(C(C)C(=O)OCC)P1(=S)N(c2ccccc2)CCN1c1ccccc1. The summed E-state index contributed by atoms with van der Waals surface area (Å²) < 4.78 is 9.76. The van der Waals surface area contributed by atoms with E-state index in [1.165, 1.54) is 0 Å². The number of hydrogen-bond acceptors (Lipinski definition) is 3. The molecular formula is C21H25N2O2PS. The second-order valence-electron chi connectivity index (χ2n) is 6.43. The molecule has 142 valence electrons. The molecule has 0 N–H and O–H groups in total. The quantitative estimate of drug-likeness (QED) is 0.501. The predicted molar refractivity (Wildman–Crippen MR) is 117 cm³/mol. The van der Waals surface area contributed by atoms with Gasteiger partial charge in [-0.3, -0.25) is 4.79 Å². The van der Waals surface area contributed by atoms with E-state index in [1.54, 1.807) is 0 Å². The van der Waals surface area contributed by atoms with E-state index >= 15 is 0 Å². The molecule has 6 heteroatoms. The average molecular weight is 400 g/mol. The van der Waals surface area contributed by atoms with Crippen LogP contribution in [0.5, 0.6) is 0 Å². The van der Waals surface area contributed by atoms with Gasteiger partial charge in [-0.15, -0.1) is 0 Å². The van der Waals surface area contributed by atoms with Crippen molar-refractivity contribution in [3.05, 3.63) is 72.6 Å². The molecule has 1 aliphatic heterocycles. The first-order valence-corrected chi connectivity index (χ1v) is 11.8. The van der Waals surface area contributed by atoms with Gasteiger partial charge < -0.3 is 14.1 Å². The van der Waals surface area contributed by atoms with Crippen molar-refractivity contribution in [1.29, 1.82) is 0 Å². The highest BCUT2D eigenvalue weighted by molar-refractivity contribution is 8.18. The maximum atomic E-state index is 12.4. The van der Waals surface area contributed by atoms with Crippen LogP contribution in [0.4, 0.5) is 11.4 Å². The molecule has 2 aromatic carbocycles. The zero-order valence-corrected chi connectivity index (χ0v) is 17.5. The van der Waals surface area contributed by atoms with E-state index in [0.717, 1.165) is 29.8 Å². The summed E-state index contributed by atoms with van der Waals surface area (Å²) in [5.74, 6) is -0.717. The van der Waals surface area contributed by atoms with Crippen LogP contribution < -0.4 is 9.34 Å². The van der Waals surface area contributed by atoms with Crippen LogP contribution in [-0.2, 0) is 21.3 Å². The third-order valence-electron chi connectivity index (χ3n) is 4.80. The van der Waals surface area contributed by atoms with Crippen molar-refractivity contribution < 1.29 is 9.53 Å². The lowest BCUT2D eigenvalue weighted by molar-refractivity contribution is -0.145. The van der Waals surface area contributed by atoms with E-state index in [1.807, 2.05) is 50.2 Å². The lowest BCUT2D eigenvalue weighted by Gasteiger charge is -2.39. The molecule has 3 rings (SSSR count). The number of carbonyl (C=O) groups excluding carboxylic acids is 1. The Labute approximate surface area is 166 Å². The maximum Gasteiger partial charge on any atom is 0.313 e. The van der Waals surface area contributed by atoms with E-state index in [-0.39, 0.29) is 5.97 Å². The minimum atomic E-state index is -2.45. The molecule has 0 aromatic heterocycles. The van der Waals surface area contributed by atoms with Crippen LogP contribution in [0.2, 0.25) is 0 Å².